The second-order valence-corrected chi connectivity index (χ2v) is 7.00. The minimum atomic E-state index is -1.80. The van der Waals surface area contributed by atoms with Crippen molar-refractivity contribution in [3.63, 3.8) is 0 Å². The number of ether oxygens (including phenoxy) is 1. The summed E-state index contributed by atoms with van der Waals surface area (Å²) in [6.07, 6.45) is 0.333. The van der Waals surface area contributed by atoms with E-state index in [1.165, 1.54) is 31.3 Å². The summed E-state index contributed by atoms with van der Waals surface area (Å²) in [6, 6.07) is 4.40. The molecule has 2 rings (SSSR count). The number of nitrogens with one attached hydrogen (secondary N) is 2. The summed E-state index contributed by atoms with van der Waals surface area (Å²) in [5, 5.41) is 8.62. The number of rotatable bonds is 11. The van der Waals surface area contributed by atoms with Crippen molar-refractivity contribution >= 4 is 23.3 Å². The van der Waals surface area contributed by atoms with Gasteiger partial charge in [0.1, 0.15) is 6.61 Å². The van der Waals surface area contributed by atoms with E-state index in [1.54, 1.807) is 0 Å². The number of amides is 1. The van der Waals surface area contributed by atoms with Crippen molar-refractivity contribution in [1.29, 1.82) is 0 Å². The molecular formula is C21H21F4N7O3. The Morgan fingerprint density at radius 3 is 2.49 bits per heavy atom. The molecule has 0 heterocycles. The molecule has 0 bridgehead atoms. The van der Waals surface area contributed by atoms with Crippen LogP contribution in [0.3, 0.4) is 0 Å². The second-order valence-electron chi connectivity index (χ2n) is 7.00. The van der Waals surface area contributed by atoms with Crippen LogP contribution in [-0.4, -0.2) is 43.9 Å². The van der Waals surface area contributed by atoms with Gasteiger partial charge >= 0.3 is 0 Å². The van der Waals surface area contributed by atoms with Crippen molar-refractivity contribution in [2.45, 2.75) is 18.9 Å². The summed E-state index contributed by atoms with van der Waals surface area (Å²) in [7, 11) is 1.46. The Kier molecular flexibility index (Phi) is 9.84. The number of nitrogens with two attached hydrogens (primary N) is 1. The molecule has 186 valence electrons. The molecule has 0 aliphatic heterocycles. The number of hydrogen-bond acceptors (Lipinski definition) is 5. The van der Waals surface area contributed by atoms with Gasteiger partial charge in [0.05, 0.1) is 6.04 Å². The van der Waals surface area contributed by atoms with Crippen LogP contribution in [0.5, 0.6) is 5.75 Å². The van der Waals surface area contributed by atoms with E-state index in [4.69, 9.17) is 16.0 Å². The highest BCUT2D eigenvalue weighted by Gasteiger charge is 2.25. The number of guanidine groups is 1. The van der Waals surface area contributed by atoms with Gasteiger partial charge in [-0.3, -0.25) is 14.6 Å². The van der Waals surface area contributed by atoms with Gasteiger partial charge in [-0.2, -0.15) is 8.78 Å². The highest BCUT2D eigenvalue weighted by atomic mass is 19.2. The zero-order chi connectivity index (χ0) is 26.0. The summed E-state index contributed by atoms with van der Waals surface area (Å²) in [4.78, 5) is 31.7. The standard InChI is InChI=1S/C21H21F4N7O3/c1-28-21(26)29-7-3-6-15(30-20(34)11-4-2-5-12(8-11)31-32-27)16(33)10-35-19-17(24)13(22)9-14(23)18(19)25/h2,4-5,8-9,15H,3,6-7,10H2,1H3,(H,30,34)(H3,26,28,29)/t15-/m0/s1. The van der Waals surface area contributed by atoms with Crippen LogP contribution in [-0.2, 0) is 4.79 Å². The Morgan fingerprint density at radius 2 is 1.86 bits per heavy atom. The number of azide groups is 1. The molecule has 0 aliphatic carbocycles. The van der Waals surface area contributed by atoms with Crippen LogP contribution in [0.4, 0.5) is 23.2 Å². The lowest BCUT2D eigenvalue weighted by molar-refractivity contribution is -0.123. The van der Waals surface area contributed by atoms with E-state index >= 15 is 0 Å². The van der Waals surface area contributed by atoms with Crippen LogP contribution in [0, 0.1) is 23.3 Å². The van der Waals surface area contributed by atoms with Crippen molar-refractivity contribution < 1.29 is 31.9 Å². The highest BCUT2D eigenvalue weighted by molar-refractivity contribution is 5.98. The highest BCUT2D eigenvalue weighted by Crippen LogP contribution is 2.26. The lowest BCUT2D eigenvalue weighted by Crippen LogP contribution is -2.43. The van der Waals surface area contributed by atoms with Gasteiger partial charge in [-0.25, -0.2) is 8.78 Å². The Morgan fingerprint density at radius 1 is 1.17 bits per heavy atom. The Labute approximate surface area is 196 Å². The topological polar surface area (TPSA) is 155 Å². The van der Waals surface area contributed by atoms with Crippen LogP contribution >= 0.6 is 0 Å². The summed E-state index contributed by atoms with van der Waals surface area (Å²) in [6.45, 7) is -0.721. The van der Waals surface area contributed by atoms with E-state index in [0.29, 0.717) is 6.42 Å². The molecule has 0 radical (unpaired) electrons. The first-order chi connectivity index (χ1) is 16.7. The molecule has 4 N–H and O–H groups in total. The number of Topliss-reactive ketones (excluding diaryl/α,β-unsaturated/α-hetero) is 1. The number of carbonyl (C=O) groups is 2. The third kappa shape index (κ3) is 7.61. The van der Waals surface area contributed by atoms with Crippen LogP contribution < -0.4 is 21.1 Å². The van der Waals surface area contributed by atoms with E-state index in [1.807, 2.05) is 0 Å². The number of benzene rings is 2. The van der Waals surface area contributed by atoms with E-state index < -0.39 is 53.4 Å². The van der Waals surface area contributed by atoms with Crippen LogP contribution in [0.15, 0.2) is 40.4 Å². The van der Waals surface area contributed by atoms with Crippen LogP contribution in [0.25, 0.3) is 10.4 Å². The maximum atomic E-state index is 13.8. The van der Waals surface area contributed by atoms with Gasteiger partial charge in [0.25, 0.3) is 5.91 Å². The van der Waals surface area contributed by atoms with Gasteiger partial charge in [-0.05, 0) is 30.5 Å². The van der Waals surface area contributed by atoms with Gasteiger partial charge in [0.15, 0.2) is 29.1 Å². The molecule has 2 aromatic rings. The number of nitrogens with zero attached hydrogens (tertiary/aromatic N) is 4. The smallest absolute Gasteiger partial charge is 0.251 e. The maximum absolute atomic E-state index is 13.8. The minimum absolute atomic E-state index is 0.00512. The second kappa shape index (κ2) is 12.8. The van der Waals surface area contributed by atoms with Gasteiger partial charge in [0, 0.05) is 35.8 Å². The zero-order valence-corrected chi connectivity index (χ0v) is 18.4. The molecule has 0 saturated heterocycles. The molecule has 0 aromatic heterocycles. The van der Waals surface area contributed by atoms with Crippen molar-refractivity contribution in [1.82, 2.24) is 10.6 Å². The third-order valence-corrected chi connectivity index (χ3v) is 4.61. The molecular weight excluding hydrogens is 474 g/mol. The Bertz CT molecular complexity index is 1140. The molecule has 1 atom stereocenters. The molecule has 0 fully saturated rings. The lowest BCUT2D eigenvalue weighted by Gasteiger charge is -2.19. The Hall–Kier alpha value is -4.32. The monoisotopic (exact) mass is 495 g/mol. The minimum Gasteiger partial charge on any atom is -0.479 e. The number of halogens is 4. The van der Waals surface area contributed by atoms with E-state index in [-0.39, 0.29) is 36.2 Å². The molecule has 1 amide bonds. The molecule has 10 nitrogen and oxygen atoms in total. The fourth-order valence-electron chi connectivity index (χ4n) is 2.84. The average Bonchev–Trinajstić information content (AvgIpc) is 2.84. The molecule has 2 aromatic carbocycles. The van der Waals surface area contributed by atoms with Gasteiger partial charge < -0.3 is 21.1 Å². The zero-order valence-electron chi connectivity index (χ0n) is 18.4. The molecule has 0 spiro atoms. The fraction of sp³-hybridized carbons (Fsp3) is 0.286. The fourth-order valence-corrected chi connectivity index (χ4v) is 2.84. The van der Waals surface area contributed by atoms with Crippen molar-refractivity contribution in [2.75, 3.05) is 20.2 Å². The Balaban J connectivity index is 2.17. The van der Waals surface area contributed by atoms with Gasteiger partial charge in [-0.15, -0.1) is 0 Å². The largest absolute Gasteiger partial charge is 0.479 e. The summed E-state index contributed by atoms with van der Waals surface area (Å²) in [5.74, 6) is -9.78. The van der Waals surface area contributed by atoms with Gasteiger partial charge in [0.2, 0.25) is 11.6 Å². The van der Waals surface area contributed by atoms with Crippen LogP contribution in [0.2, 0.25) is 0 Å². The number of aliphatic imine (C=N–C) groups is 1. The third-order valence-electron chi connectivity index (χ3n) is 4.61. The molecule has 14 heteroatoms. The molecule has 35 heavy (non-hydrogen) atoms. The number of ketones is 1. The first kappa shape index (κ1) is 26.9. The normalized spacial score (nSPS) is 11.9. The predicted molar refractivity (Wildman–Crippen MR) is 118 cm³/mol. The number of carbonyl (C=O) groups excluding carboxylic acids is 2. The summed E-state index contributed by atoms with van der Waals surface area (Å²) >= 11 is 0. The van der Waals surface area contributed by atoms with Crippen molar-refractivity contribution in [2.24, 2.45) is 15.8 Å². The number of hydrogen-bond donors (Lipinski definition) is 3. The SMILES string of the molecule is CN=C(N)NCCC[C@H](NC(=O)c1cccc(N=[N+]=[N-])c1)C(=O)COc1c(F)c(F)cc(F)c1F. The average molecular weight is 495 g/mol. The van der Waals surface area contributed by atoms with Crippen molar-refractivity contribution in [3.05, 3.63) is 69.6 Å². The summed E-state index contributed by atoms with van der Waals surface area (Å²) in [5.41, 5.74) is 14.3. The lowest BCUT2D eigenvalue weighted by atomic mass is 10.1. The maximum Gasteiger partial charge on any atom is 0.251 e. The summed E-state index contributed by atoms with van der Waals surface area (Å²) < 4.78 is 59.2. The first-order valence-electron chi connectivity index (χ1n) is 10.1. The first-order valence-corrected chi connectivity index (χ1v) is 10.1. The van der Waals surface area contributed by atoms with Crippen molar-refractivity contribution in [3.8, 4) is 5.75 Å². The van der Waals surface area contributed by atoms with E-state index in [0.717, 1.165) is 0 Å². The van der Waals surface area contributed by atoms with Crippen LogP contribution in [0.1, 0.15) is 23.2 Å². The molecule has 0 saturated carbocycles. The van der Waals surface area contributed by atoms with E-state index in [2.05, 4.69) is 25.7 Å². The van der Waals surface area contributed by atoms with Gasteiger partial charge in [-0.1, -0.05) is 17.2 Å². The quantitative estimate of drug-likeness (QED) is 0.0638. The molecule has 0 aliphatic rings. The predicted octanol–water partition coefficient (Wildman–Crippen LogP) is 3.25. The van der Waals surface area contributed by atoms with E-state index in [9.17, 15) is 27.2 Å². The molecule has 0 unspecified atom stereocenters.